The van der Waals surface area contributed by atoms with Crippen molar-refractivity contribution >= 4 is 18.3 Å². The summed E-state index contributed by atoms with van der Waals surface area (Å²) in [5, 5.41) is 10.9. The van der Waals surface area contributed by atoms with E-state index < -0.39 is 0 Å². The molecule has 1 aliphatic rings. The highest BCUT2D eigenvalue weighted by Crippen LogP contribution is 2.23. The number of nitrogens with zero attached hydrogens (tertiary/aromatic N) is 2. The summed E-state index contributed by atoms with van der Waals surface area (Å²) in [6.07, 6.45) is 4.17. The monoisotopic (exact) mass is 376 g/mol. The molecule has 0 spiro atoms. The SMILES string of the molecule is Cc1cccc(C(C)(C)CNC(=O)c2ccn(C3CCCNC3)n2)c1.Cl. The van der Waals surface area contributed by atoms with Crippen molar-refractivity contribution in [2.24, 2.45) is 0 Å². The molecule has 0 bridgehead atoms. The summed E-state index contributed by atoms with van der Waals surface area (Å²) < 4.78 is 1.92. The van der Waals surface area contributed by atoms with Gasteiger partial charge in [0.1, 0.15) is 5.69 Å². The van der Waals surface area contributed by atoms with Gasteiger partial charge in [-0.3, -0.25) is 9.48 Å². The lowest BCUT2D eigenvalue weighted by molar-refractivity contribution is 0.0939. The average Bonchev–Trinajstić information content (AvgIpc) is 3.11. The molecule has 6 heteroatoms. The third-order valence-electron chi connectivity index (χ3n) is 4.98. The molecule has 1 aliphatic heterocycles. The Balaban J connectivity index is 0.00000243. The summed E-state index contributed by atoms with van der Waals surface area (Å²) in [6.45, 7) is 8.95. The maximum Gasteiger partial charge on any atom is 0.271 e. The number of rotatable bonds is 5. The normalized spacial score (nSPS) is 17.4. The number of nitrogens with one attached hydrogen (secondary N) is 2. The molecule has 2 heterocycles. The van der Waals surface area contributed by atoms with E-state index >= 15 is 0 Å². The number of halogens is 1. The van der Waals surface area contributed by atoms with E-state index in [4.69, 9.17) is 0 Å². The van der Waals surface area contributed by atoms with Crippen LogP contribution >= 0.6 is 12.4 Å². The topological polar surface area (TPSA) is 59.0 Å². The summed E-state index contributed by atoms with van der Waals surface area (Å²) >= 11 is 0. The van der Waals surface area contributed by atoms with E-state index in [1.54, 1.807) is 0 Å². The smallest absolute Gasteiger partial charge is 0.271 e. The van der Waals surface area contributed by atoms with Crippen molar-refractivity contribution in [2.45, 2.75) is 45.1 Å². The van der Waals surface area contributed by atoms with Crippen molar-refractivity contribution in [1.82, 2.24) is 20.4 Å². The van der Waals surface area contributed by atoms with E-state index in [0.717, 1.165) is 25.9 Å². The third kappa shape index (κ3) is 4.86. The van der Waals surface area contributed by atoms with Gasteiger partial charge in [0.15, 0.2) is 0 Å². The highest BCUT2D eigenvalue weighted by molar-refractivity contribution is 5.92. The lowest BCUT2D eigenvalue weighted by atomic mass is 9.84. The Morgan fingerprint density at radius 2 is 2.19 bits per heavy atom. The van der Waals surface area contributed by atoms with Gasteiger partial charge >= 0.3 is 0 Å². The molecular weight excluding hydrogens is 348 g/mol. The second-order valence-corrected chi connectivity index (χ2v) is 7.62. The first-order chi connectivity index (χ1) is 12.0. The largest absolute Gasteiger partial charge is 0.350 e. The number of carbonyl (C=O) groups is 1. The van der Waals surface area contributed by atoms with Crippen molar-refractivity contribution in [3.05, 3.63) is 53.3 Å². The predicted octanol–water partition coefficient (Wildman–Crippen LogP) is 3.25. The Labute approximate surface area is 162 Å². The molecule has 0 radical (unpaired) electrons. The van der Waals surface area contributed by atoms with Crippen LogP contribution in [0.1, 0.15) is 54.3 Å². The van der Waals surface area contributed by atoms with Gasteiger partial charge in [-0.1, -0.05) is 43.7 Å². The number of amides is 1. The summed E-state index contributed by atoms with van der Waals surface area (Å²) in [6, 6.07) is 10.6. The number of benzene rings is 1. The fourth-order valence-electron chi connectivity index (χ4n) is 3.28. The molecular formula is C20H29ClN4O. The van der Waals surface area contributed by atoms with Crippen LogP contribution in [-0.2, 0) is 5.41 Å². The predicted molar refractivity (Wildman–Crippen MR) is 107 cm³/mol. The summed E-state index contributed by atoms with van der Waals surface area (Å²) in [7, 11) is 0. The first-order valence-corrected chi connectivity index (χ1v) is 9.07. The van der Waals surface area contributed by atoms with E-state index in [9.17, 15) is 4.79 Å². The molecule has 0 aliphatic carbocycles. The van der Waals surface area contributed by atoms with E-state index in [1.165, 1.54) is 11.1 Å². The molecule has 5 nitrogen and oxygen atoms in total. The zero-order chi connectivity index (χ0) is 17.9. The van der Waals surface area contributed by atoms with Crippen LogP contribution < -0.4 is 10.6 Å². The maximum absolute atomic E-state index is 12.5. The highest BCUT2D eigenvalue weighted by atomic mass is 35.5. The van der Waals surface area contributed by atoms with Crippen LogP contribution in [0.4, 0.5) is 0 Å². The second-order valence-electron chi connectivity index (χ2n) is 7.62. The number of piperidine rings is 1. The van der Waals surface area contributed by atoms with Crippen LogP contribution in [-0.4, -0.2) is 35.3 Å². The first kappa shape index (κ1) is 20.5. The summed E-state index contributed by atoms with van der Waals surface area (Å²) in [5.41, 5.74) is 2.83. The lowest BCUT2D eigenvalue weighted by Crippen LogP contribution is -2.37. The fourth-order valence-corrected chi connectivity index (χ4v) is 3.28. The Morgan fingerprint density at radius 1 is 1.38 bits per heavy atom. The number of carbonyl (C=O) groups excluding carboxylic acids is 1. The summed E-state index contributed by atoms with van der Waals surface area (Å²) in [5.74, 6) is -0.108. The van der Waals surface area contributed by atoms with Crippen molar-refractivity contribution in [2.75, 3.05) is 19.6 Å². The van der Waals surface area contributed by atoms with Crippen LogP contribution in [0.3, 0.4) is 0 Å². The van der Waals surface area contributed by atoms with Crippen molar-refractivity contribution < 1.29 is 4.79 Å². The fraction of sp³-hybridized carbons (Fsp3) is 0.500. The lowest BCUT2D eigenvalue weighted by Gasteiger charge is -2.26. The molecule has 1 aromatic heterocycles. The van der Waals surface area contributed by atoms with Gasteiger partial charge in [0.05, 0.1) is 6.04 Å². The highest BCUT2D eigenvalue weighted by Gasteiger charge is 2.23. The zero-order valence-corrected chi connectivity index (χ0v) is 16.6. The second kappa shape index (κ2) is 8.69. The van der Waals surface area contributed by atoms with Crippen LogP contribution in [0.25, 0.3) is 0 Å². The molecule has 142 valence electrons. The molecule has 0 saturated carbocycles. The third-order valence-corrected chi connectivity index (χ3v) is 4.98. The Hall–Kier alpha value is -1.85. The average molecular weight is 377 g/mol. The minimum Gasteiger partial charge on any atom is -0.350 e. The van der Waals surface area contributed by atoms with Gasteiger partial charge in [0.2, 0.25) is 0 Å². The quantitative estimate of drug-likeness (QED) is 0.842. The molecule has 2 N–H and O–H groups in total. The minimum absolute atomic E-state index is 0. The Bertz CT molecular complexity index is 735. The molecule has 1 atom stereocenters. The van der Waals surface area contributed by atoms with Gasteiger partial charge in [-0.05, 0) is 37.9 Å². The number of hydrogen-bond acceptors (Lipinski definition) is 3. The summed E-state index contributed by atoms with van der Waals surface area (Å²) in [4.78, 5) is 12.5. The molecule has 1 amide bonds. The van der Waals surface area contributed by atoms with Gasteiger partial charge in [-0.2, -0.15) is 5.10 Å². The molecule has 1 unspecified atom stereocenters. The van der Waals surface area contributed by atoms with E-state index in [-0.39, 0.29) is 23.7 Å². The number of aryl methyl sites for hydroxylation is 1. The molecule has 26 heavy (non-hydrogen) atoms. The van der Waals surface area contributed by atoms with Crippen molar-refractivity contribution in [3.63, 3.8) is 0 Å². The molecule has 1 saturated heterocycles. The Morgan fingerprint density at radius 3 is 2.88 bits per heavy atom. The first-order valence-electron chi connectivity index (χ1n) is 9.07. The standard InChI is InChI=1S/C20H28N4O.ClH/c1-15-6-4-7-16(12-15)20(2,3)14-22-19(25)18-9-11-24(23-18)17-8-5-10-21-13-17;/h4,6-7,9,11-12,17,21H,5,8,10,13-14H2,1-3H3,(H,22,25);1H. The number of hydrogen-bond donors (Lipinski definition) is 2. The molecule has 2 aromatic rings. The zero-order valence-electron chi connectivity index (χ0n) is 15.8. The van der Waals surface area contributed by atoms with Crippen LogP contribution in [0.2, 0.25) is 0 Å². The molecule has 1 aromatic carbocycles. The molecule has 1 fully saturated rings. The van der Waals surface area contributed by atoms with Gasteiger partial charge in [-0.25, -0.2) is 0 Å². The van der Waals surface area contributed by atoms with Crippen LogP contribution in [0, 0.1) is 6.92 Å². The van der Waals surface area contributed by atoms with Gasteiger partial charge in [-0.15, -0.1) is 12.4 Å². The minimum atomic E-state index is -0.127. The maximum atomic E-state index is 12.5. The van der Waals surface area contributed by atoms with Crippen LogP contribution in [0.5, 0.6) is 0 Å². The van der Waals surface area contributed by atoms with E-state index in [1.807, 2.05) is 16.9 Å². The number of aromatic nitrogens is 2. The van der Waals surface area contributed by atoms with E-state index in [2.05, 4.69) is 60.8 Å². The van der Waals surface area contributed by atoms with Crippen molar-refractivity contribution in [1.29, 1.82) is 0 Å². The van der Waals surface area contributed by atoms with Gasteiger partial charge in [0.25, 0.3) is 5.91 Å². The van der Waals surface area contributed by atoms with Crippen LogP contribution in [0.15, 0.2) is 36.5 Å². The van der Waals surface area contributed by atoms with Gasteiger partial charge in [0, 0.05) is 24.7 Å². The van der Waals surface area contributed by atoms with E-state index in [0.29, 0.717) is 18.3 Å². The van der Waals surface area contributed by atoms with Crippen molar-refractivity contribution in [3.8, 4) is 0 Å². The Kier molecular flexibility index (Phi) is 6.84. The van der Waals surface area contributed by atoms with Gasteiger partial charge < -0.3 is 10.6 Å². The molecule has 3 rings (SSSR count).